The van der Waals surface area contributed by atoms with Gasteiger partial charge in [0, 0.05) is 38.2 Å². The molecular formula is C20H22N8O. The van der Waals surface area contributed by atoms with Crippen molar-refractivity contribution in [3.05, 3.63) is 54.6 Å². The van der Waals surface area contributed by atoms with Gasteiger partial charge in [0.1, 0.15) is 0 Å². The minimum atomic E-state index is 0.523. The summed E-state index contributed by atoms with van der Waals surface area (Å²) in [4.78, 5) is 11.4. The second kappa shape index (κ2) is 7.51. The largest absolute Gasteiger partial charge is 0.378 e. The molecule has 1 saturated heterocycles. The number of anilines is 3. The summed E-state index contributed by atoms with van der Waals surface area (Å²) in [5, 5.41) is 12.8. The van der Waals surface area contributed by atoms with Gasteiger partial charge in [0.2, 0.25) is 5.95 Å². The number of hydrogen-bond acceptors (Lipinski definition) is 7. The van der Waals surface area contributed by atoms with E-state index in [9.17, 15) is 0 Å². The molecule has 4 aromatic rings. The van der Waals surface area contributed by atoms with Crippen LogP contribution >= 0.6 is 0 Å². The van der Waals surface area contributed by atoms with E-state index < -0.39 is 0 Å². The number of fused-ring (bicyclic) bond motifs is 1. The molecule has 1 aromatic carbocycles. The van der Waals surface area contributed by atoms with Gasteiger partial charge in [-0.05, 0) is 17.7 Å². The van der Waals surface area contributed by atoms with E-state index in [1.54, 1.807) is 23.3 Å². The molecule has 1 N–H and O–H groups in total. The van der Waals surface area contributed by atoms with Crippen LogP contribution in [0.5, 0.6) is 0 Å². The Hall–Kier alpha value is -3.46. The molecule has 1 fully saturated rings. The summed E-state index contributed by atoms with van der Waals surface area (Å²) in [5.74, 6) is 0.523. The molecule has 0 atom stereocenters. The molecule has 1 aliphatic rings. The highest BCUT2D eigenvalue weighted by molar-refractivity contribution is 5.75. The van der Waals surface area contributed by atoms with Crippen molar-refractivity contribution in [3.63, 3.8) is 0 Å². The molecule has 148 valence electrons. The molecule has 0 aliphatic carbocycles. The first-order valence-electron chi connectivity index (χ1n) is 9.60. The fraction of sp³-hybridized carbons (Fsp3) is 0.300. The molecule has 0 unspecified atom stereocenters. The molecule has 3 aromatic heterocycles. The molecule has 5 rings (SSSR count). The molecule has 0 saturated carbocycles. The maximum absolute atomic E-state index is 5.46. The van der Waals surface area contributed by atoms with Crippen molar-refractivity contribution in [3.8, 4) is 0 Å². The predicted octanol–water partition coefficient (Wildman–Crippen LogP) is 2.19. The van der Waals surface area contributed by atoms with Crippen LogP contribution in [0.2, 0.25) is 0 Å². The number of morpholine rings is 1. The van der Waals surface area contributed by atoms with E-state index in [0.717, 1.165) is 43.0 Å². The van der Waals surface area contributed by atoms with Gasteiger partial charge in [-0.3, -0.25) is 4.68 Å². The molecule has 0 amide bonds. The van der Waals surface area contributed by atoms with Gasteiger partial charge in [-0.1, -0.05) is 12.1 Å². The monoisotopic (exact) mass is 390 g/mol. The van der Waals surface area contributed by atoms with Crippen LogP contribution in [-0.2, 0) is 18.3 Å². The molecule has 4 heterocycles. The summed E-state index contributed by atoms with van der Waals surface area (Å²) in [6.45, 7) is 4.04. The third-order valence-corrected chi connectivity index (χ3v) is 4.96. The second-order valence-corrected chi connectivity index (χ2v) is 7.07. The summed E-state index contributed by atoms with van der Waals surface area (Å²) in [6, 6.07) is 8.58. The number of aromatic nitrogens is 6. The quantitative estimate of drug-likeness (QED) is 0.559. The highest BCUT2D eigenvalue weighted by Gasteiger charge is 2.13. The van der Waals surface area contributed by atoms with Crippen LogP contribution in [0.25, 0.3) is 11.0 Å². The summed E-state index contributed by atoms with van der Waals surface area (Å²) < 4.78 is 9.09. The standard InChI is InChI=1S/C20H22N8O/c1-26-14-17(12-22-26)24-20-21-10-16-11-23-28(19(16)25-20)13-15-3-2-4-18(9-15)27-5-7-29-8-6-27/h2-4,9-12,14H,5-8,13H2,1H3,(H,21,24,25). The van der Waals surface area contributed by atoms with E-state index in [1.165, 1.54) is 11.3 Å². The van der Waals surface area contributed by atoms with Crippen LogP contribution in [0.3, 0.4) is 0 Å². The molecule has 1 aliphatic heterocycles. The average Bonchev–Trinajstić information content (AvgIpc) is 3.35. The lowest BCUT2D eigenvalue weighted by molar-refractivity contribution is 0.122. The SMILES string of the molecule is Cn1cc(Nc2ncc3cnn(Cc4cccc(N5CCOCC5)c4)c3n2)cn1. The van der Waals surface area contributed by atoms with Gasteiger partial charge < -0.3 is 15.0 Å². The summed E-state index contributed by atoms with van der Waals surface area (Å²) in [5.41, 5.74) is 4.04. The molecule has 29 heavy (non-hydrogen) atoms. The van der Waals surface area contributed by atoms with Crippen molar-refractivity contribution in [2.75, 3.05) is 36.5 Å². The van der Waals surface area contributed by atoms with Crippen molar-refractivity contribution in [1.29, 1.82) is 0 Å². The zero-order valence-electron chi connectivity index (χ0n) is 16.2. The fourth-order valence-electron chi connectivity index (χ4n) is 3.50. The zero-order chi connectivity index (χ0) is 19.6. The number of nitrogens with one attached hydrogen (secondary N) is 1. The fourth-order valence-corrected chi connectivity index (χ4v) is 3.50. The second-order valence-electron chi connectivity index (χ2n) is 7.07. The lowest BCUT2D eigenvalue weighted by Gasteiger charge is -2.29. The average molecular weight is 390 g/mol. The summed E-state index contributed by atoms with van der Waals surface area (Å²) >= 11 is 0. The molecular weight excluding hydrogens is 368 g/mol. The third-order valence-electron chi connectivity index (χ3n) is 4.96. The van der Waals surface area contributed by atoms with E-state index in [-0.39, 0.29) is 0 Å². The third kappa shape index (κ3) is 3.77. The van der Waals surface area contributed by atoms with E-state index in [0.29, 0.717) is 12.5 Å². The number of hydrogen-bond donors (Lipinski definition) is 1. The van der Waals surface area contributed by atoms with Gasteiger partial charge >= 0.3 is 0 Å². The van der Waals surface area contributed by atoms with Crippen LogP contribution < -0.4 is 10.2 Å². The smallest absolute Gasteiger partial charge is 0.229 e. The zero-order valence-corrected chi connectivity index (χ0v) is 16.2. The number of aryl methyl sites for hydroxylation is 1. The van der Waals surface area contributed by atoms with Gasteiger partial charge in [0.25, 0.3) is 0 Å². The number of rotatable bonds is 5. The first-order chi connectivity index (χ1) is 14.2. The van der Waals surface area contributed by atoms with Crippen LogP contribution in [0.4, 0.5) is 17.3 Å². The molecule has 9 heteroatoms. The number of benzene rings is 1. The Bertz CT molecular complexity index is 1130. The Labute approximate surface area is 167 Å². The Balaban J connectivity index is 1.39. The van der Waals surface area contributed by atoms with E-state index in [4.69, 9.17) is 4.74 Å². The minimum Gasteiger partial charge on any atom is -0.378 e. The minimum absolute atomic E-state index is 0.523. The van der Waals surface area contributed by atoms with E-state index >= 15 is 0 Å². The van der Waals surface area contributed by atoms with E-state index in [1.807, 2.05) is 17.9 Å². The van der Waals surface area contributed by atoms with Crippen molar-refractivity contribution < 1.29 is 4.74 Å². The maximum Gasteiger partial charge on any atom is 0.229 e. The van der Waals surface area contributed by atoms with Crippen LogP contribution in [0.15, 0.2) is 49.1 Å². The maximum atomic E-state index is 5.46. The van der Waals surface area contributed by atoms with Crippen molar-refractivity contribution >= 4 is 28.4 Å². The normalized spacial score (nSPS) is 14.4. The first-order valence-corrected chi connectivity index (χ1v) is 9.60. The Morgan fingerprint density at radius 2 is 2.00 bits per heavy atom. The topological polar surface area (TPSA) is 85.9 Å². The van der Waals surface area contributed by atoms with Crippen molar-refractivity contribution in [1.82, 2.24) is 29.5 Å². The van der Waals surface area contributed by atoms with Crippen LogP contribution in [0, 0.1) is 0 Å². The first kappa shape index (κ1) is 17.6. The van der Waals surface area contributed by atoms with Crippen molar-refractivity contribution in [2.24, 2.45) is 7.05 Å². The van der Waals surface area contributed by atoms with Gasteiger partial charge in [0.15, 0.2) is 5.65 Å². The highest BCUT2D eigenvalue weighted by atomic mass is 16.5. The molecule has 0 spiro atoms. The van der Waals surface area contributed by atoms with Gasteiger partial charge in [-0.2, -0.15) is 15.2 Å². The Morgan fingerprint density at radius 1 is 1.10 bits per heavy atom. The van der Waals surface area contributed by atoms with Gasteiger partial charge in [0.05, 0.1) is 43.2 Å². The molecule has 0 bridgehead atoms. The number of ether oxygens (including phenoxy) is 1. The highest BCUT2D eigenvalue weighted by Crippen LogP contribution is 2.20. The van der Waals surface area contributed by atoms with E-state index in [2.05, 4.69) is 54.6 Å². The predicted molar refractivity (Wildman–Crippen MR) is 110 cm³/mol. The molecule has 9 nitrogen and oxygen atoms in total. The van der Waals surface area contributed by atoms with Crippen LogP contribution in [0.1, 0.15) is 5.56 Å². The van der Waals surface area contributed by atoms with Gasteiger partial charge in [-0.25, -0.2) is 9.67 Å². The van der Waals surface area contributed by atoms with Crippen molar-refractivity contribution in [2.45, 2.75) is 6.54 Å². The number of nitrogens with zero attached hydrogens (tertiary/aromatic N) is 7. The summed E-state index contributed by atoms with van der Waals surface area (Å²) in [7, 11) is 1.87. The Morgan fingerprint density at radius 3 is 2.83 bits per heavy atom. The molecule has 0 radical (unpaired) electrons. The lowest BCUT2D eigenvalue weighted by atomic mass is 10.2. The van der Waals surface area contributed by atoms with Crippen LogP contribution in [-0.4, -0.2) is 55.8 Å². The summed E-state index contributed by atoms with van der Waals surface area (Å²) in [6.07, 6.45) is 7.20. The lowest BCUT2D eigenvalue weighted by Crippen LogP contribution is -2.36. The van der Waals surface area contributed by atoms with Gasteiger partial charge in [-0.15, -0.1) is 0 Å². The Kier molecular flexibility index (Phi) is 4.57.